The van der Waals surface area contributed by atoms with Crippen LogP contribution in [-0.4, -0.2) is 24.3 Å². The molecule has 1 atom stereocenters. The molecule has 9 heteroatoms. The number of imidazole rings is 1. The van der Waals surface area contributed by atoms with Crippen LogP contribution in [-0.2, 0) is 6.54 Å². The van der Waals surface area contributed by atoms with Crippen molar-refractivity contribution in [3.8, 4) is 5.69 Å². The maximum atomic E-state index is 14.6. The Balaban J connectivity index is 1.40. The second-order valence-electron chi connectivity index (χ2n) is 8.01. The molecule has 2 aromatic carbocycles. The Morgan fingerprint density at radius 3 is 2.48 bits per heavy atom. The molecule has 0 saturated heterocycles. The van der Waals surface area contributed by atoms with E-state index in [0.717, 1.165) is 24.2 Å². The summed E-state index contributed by atoms with van der Waals surface area (Å²) < 4.78 is 58.8. The first kappa shape index (κ1) is 21.1. The second kappa shape index (κ2) is 8.31. The van der Waals surface area contributed by atoms with Crippen LogP contribution in [0.3, 0.4) is 0 Å². The van der Waals surface area contributed by atoms with Crippen molar-refractivity contribution in [2.24, 2.45) is 0 Å². The van der Waals surface area contributed by atoms with Gasteiger partial charge in [-0.25, -0.2) is 32.2 Å². The molecule has 5 rings (SSSR count). The van der Waals surface area contributed by atoms with Gasteiger partial charge in [0.1, 0.15) is 11.6 Å². The van der Waals surface area contributed by atoms with Crippen LogP contribution in [0.1, 0.15) is 47.2 Å². The van der Waals surface area contributed by atoms with Crippen molar-refractivity contribution < 1.29 is 17.6 Å². The molecular formula is C24H19F4N5. The summed E-state index contributed by atoms with van der Waals surface area (Å²) in [5.41, 5.74) is 2.13. The molecule has 0 radical (unpaired) electrons. The highest BCUT2D eigenvalue weighted by Gasteiger charge is 2.27. The van der Waals surface area contributed by atoms with E-state index in [1.807, 2.05) is 6.92 Å². The minimum atomic E-state index is -1.49. The first-order valence-corrected chi connectivity index (χ1v) is 10.5. The van der Waals surface area contributed by atoms with E-state index in [1.165, 1.54) is 6.07 Å². The second-order valence-corrected chi connectivity index (χ2v) is 8.01. The number of aryl methyl sites for hydroxylation is 2. The molecule has 0 saturated carbocycles. The van der Waals surface area contributed by atoms with E-state index in [4.69, 9.17) is 0 Å². The van der Waals surface area contributed by atoms with Crippen LogP contribution in [0.5, 0.6) is 0 Å². The Morgan fingerprint density at radius 1 is 1.00 bits per heavy atom. The van der Waals surface area contributed by atoms with Crippen molar-refractivity contribution in [1.82, 2.24) is 24.3 Å². The third-order valence-corrected chi connectivity index (χ3v) is 5.69. The predicted octanol–water partition coefficient (Wildman–Crippen LogP) is 5.42. The lowest BCUT2D eigenvalue weighted by Gasteiger charge is -2.22. The fourth-order valence-corrected chi connectivity index (χ4v) is 4.09. The summed E-state index contributed by atoms with van der Waals surface area (Å²) in [5, 5.41) is 4.45. The number of hydrogen-bond donors (Lipinski definition) is 0. The van der Waals surface area contributed by atoms with Crippen LogP contribution in [0.25, 0.3) is 17.8 Å². The molecule has 0 spiro atoms. The van der Waals surface area contributed by atoms with Crippen LogP contribution < -0.4 is 0 Å². The summed E-state index contributed by atoms with van der Waals surface area (Å²) in [4.78, 5) is 8.63. The smallest absolute Gasteiger partial charge is 0.194 e. The van der Waals surface area contributed by atoms with E-state index < -0.39 is 29.2 Å². The highest BCUT2D eigenvalue weighted by atomic mass is 19.2. The number of benzene rings is 2. The fourth-order valence-electron chi connectivity index (χ4n) is 4.09. The summed E-state index contributed by atoms with van der Waals surface area (Å²) in [5.74, 6) is -3.77. The largest absolute Gasteiger partial charge is 0.303 e. The van der Waals surface area contributed by atoms with E-state index in [-0.39, 0.29) is 0 Å². The van der Waals surface area contributed by atoms with E-state index in [1.54, 1.807) is 46.1 Å². The Labute approximate surface area is 187 Å². The average molecular weight is 453 g/mol. The van der Waals surface area contributed by atoms with Crippen LogP contribution in [0.2, 0.25) is 0 Å². The monoisotopic (exact) mass is 453 g/mol. The Morgan fingerprint density at radius 2 is 1.79 bits per heavy atom. The zero-order chi connectivity index (χ0) is 23.1. The molecule has 0 N–H and O–H groups in total. The highest BCUT2D eigenvalue weighted by Crippen LogP contribution is 2.33. The lowest BCUT2D eigenvalue weighted by molar-refractivity contribution is 0.427. The summed E-state index contributed by atoms with van der Waals surface area (Å²) in [6, 6.07) is 6.86. The Kier molecular flexibility index (Phi) is 5.32. The lowest BCUT2D eigenvalue weighted by Crippen LogP contribution is -2.18. The minimum absolute atomic E-state index is 0.322. The Hall–Kier alpha value is -3.75. The predicted molar refractivity (Wildman–Crippen MR) is 115 cm³/mol. The standard InChI is InChI=1S/C24H19F4N5/c1-14-12-32(13-29-14)21-6-4-15(9-18(21)25)5-7-22-30-24-17(3-2-8-33(24)31-22)16-10-19(26)23(28)20(27)11-16/h4-7,9-13,17H,2-3,8H2,1H3/t17-/m0/s1. The van der Waals surface area contributed by atoms with E-state index in [2.05, 4.69) is 15.1 Å². The highest BCUT2D eigenvalue weighted by molar-refractivity contribution is 5.67. The summed E-state index contributed by atoms with van der Waals surface area (Å²) >= 11 is 0. The quantitative estimate of drug-likeness (QED) is 0.306. The first-order chi connectivity index (χ1) is 15.9. The van der Waals surface area contributed by atoms with Gasteiger partial charge in [0.05, 0.1) is 17.7 Å². The molecule has 33 heavy (non-hydrogen) atoms. The first-order valence-electron chi connectivity index (χ1n) is 10.5. The number of hydrogen-bond acceptors (Lipinski definition) is 3. The summed E-state index contributed by atoms with van der Waals surface area (Å²) in [6.07, 6.45) is 8.00. The third kappa shape index (κ3) is 4.06. The van der Waals surface area contributed by atoms with Gasteiger partial charge in [-0.15, -0.1) is 0 Å². The summed E-state index contributed by atoms with van der Waals surface area (Å²) in [7, 11) is 0. The van der Waals surface area contributed by atoms with Crippen LogP contribution in [0.4, 0.5) is 17.6 Å². The van der Waals surface area contributed by atoms with E-state index in [9.17, 15) is 17.6 Å². The molecule has 0 aliphatic carbocycles. The van der Waals surface area contributed by atoms with Gasteiger partial charge in [-0.3, -0.25) is 0 Å². The third-order valence-electron chi connectivity index (χ3n) is 5.69. The van der Waals surface area contributed by atoms with E-state index in [0.29, 0.717) is 41.4 Å². The molecule has 3 heterocycles. The van der Waals surface area contributed by atoms with Crippen molar-refractivity contribution in [2.75, 3.05) is 0 Å². The van der Waals surface area contributed by atoms with Crippen molar-refractivity contribution in [3.63, 3.8) is 0 Å². The number of rotatable bonds is 4. The Bertz CT molecular complexity index is 1350. The summed E-state index contributed by atoms with van der Waals surface area (Å²) in [6.45, 7) is 2.45. The van der Waals surface area contributed by atoms with Gasteiger partial charge in [0.25, 0.3) is 0 Å². The van der Waals surface area contributed by atoms with Crippen LogP contribution >= 0.6 is 0 Å². The topological polar surface area (TPSA) is 48.5 Å². The molecule has 0 unspecified atom stereocenters. The van der Waals surface area contributed by atoms with Gasteiger partial charge in [0.15, 0.2) is 23.3 Å². The molecule has 5 nitrogen and oxygen atoms in total. The molecule has 0 fully saturated rings. The maximum absolute atomic E-state index is 14.6. The van der Waals surface area contributed by atoms with Crippen molar-refractivity contribution in [2.45, 2.75) is 32.2 Å². The molecule has 4 aromatic rings. The van der Waals surface area contributed by atoms with Gasteiger partial charge >= 0.3 is 0 Å². The SMILES string of the molecule is Cc1cn(-c2ccc(C=Cc3nc4n(n3)CCC[C@H]4c3cc(F)c(F)c(F)c3)cc2F)cn1. The number of aromatic nitrogens is 5. The number of halogens is 4. The van der Waals surface area contributed by atoms with Gasteiger partial charge in [-0.1, -0.05) is 12.1 Å². The van der Waals surface area contributed by atoms with Crippen molar-refractivity contribution >= 4 is 12.2 Å². The van der Waals surface area contributed by atoms with Gasteiger partial charge in [0, 0.05) is 18.7 Å². The molecule has 0 amide bonds. The molecular weight excluding hydrogens is 434 g/mol. The van der Waals surface area contributed by atoms with Crippen molar-refractivity contribution in [3.05, 3.63) is 94.6 Å². The van der Waals surface area contributed by atoms with E-state index >= 15 is 0 Å². The van der Waals surface area contributed by atoms with Gasteiger partial charge < -0.3 is 4.57 Å². The minimum Gasteiger partial charge on any atom is -0.303 e. The molecule has 1 aliphatic heterocycles. The molecule has 168 valence electrons. The zero-order valence-corrected chi connectivity index (χ0v) is 17.6. The molecule has 0 bridgehead atoms. The van der Waals surface area contributed by atoms with Gasteiger partial charge in [0.2, 0.25) is 0 Å². The molecule has 2 aromatic heterocycles. The molecule has 1 aliphatic rings. The van der Waals surface area contributed by atoms with Crippen LogP contribution in [0, 0.1) is 30.2 Å². The normalized spacial score (nSPS) is 15.8. The zero-order valence-electron chi connectivity index (χ0n) is 17.6. The lowest BCUT2D eigenvalue weighted by atomic mass is 9.91. The number of fused-ring (bicyclic) bond motifs is 1. The van der Waals surface area contributed by atoms with Gasteiger partial charge in [-0.05, 0) is 61.2 Å². The maximum Gasteiger partial charge on any atom is 0.194 e. The van der Waals surface area contributed by atoms with Gasteiger partial charge in [-0.2, -0.15) is 5.10 Å². The van der Waals surface area contributed by atoms with Crippen LogP contribution in [0.15, 0.2) is 42.9 Å². The average Bonchev–Trinajstić information content (AvgIpc) is 3.41. The van der Waals surface area contributed by atoms with Crippen molar-refractivity contribution in [1.29, 1.82) is 0 Å². The fraction of sp³-hybridized carbons (Fsp3) is 0.208. The number of nitrogens with zero attached hydrogens (tertiary/aromatic N) is 5.